The van der Waals surface area contributed by atoms with Crippen LogP contribution >= 0.6 is 0 Å². The van der Waals surface area contributed by atoms with Gasteiger partial charge in [0.25, 0.3) is 5.78 Å². The van der Waals surface area contributed by atoms with Crippen molar-refractivity contribution >= 4 is 23.3 Å². The third-order valence-corrected chi connectivity index (χ3v) is 5.17. The predicted octanol–water partition coefficient (Wildman–Crippen LogP) is 4.48. The maximum Gasteiger partial charge on any atom is 0.301 e. The SMILES string of the molecule is C=CCOc1cccc([C@@H]2C(=C(O)c3ccc(C)cc3)C(=O)C(=O)N2c2cc(C)on2)c1. The topological polar surface area (TPSA) is 92.9 Å². The fourth-order valence-corrected chi connectivity index (χ4v) is 3.65. The lowest BCUT2D eigenvalue weighted by Crippen LogP contribution is -2.29. The molecule has 1 fully saturated rings. The molecule has 1 atom stereocenters. The molecule has 162 valence electrons. The van der Waals surface area contributed by atoms with Crippen molar-refractivity contribution in [1.82, 2.24) is 5.16 Å². The minimum absolute atomic E-state index is 0.0274. The number of aromatic nitrogens is 1. The number of hydrogen-bond donors (Lipinski definition) is 1. The van der Waals surface area contributed by atoms with Crippen LogP contribution in [-0.2, 0) is 9.59 Å². The molecule has 2 aromatic carbocycles. The second kappa shape index (κ2) is 8.55. The molecule has 1 amide bonds. The van der Waals surface area contributed by atoms with Crippen LogP contribution in [0.3, 0.4) is 0 Å². The van der Waals surface area contributed by atoms with Crippen molar-refractivity contribution in [3.05, 3.63) is 95.3 Å². The highest BCUT2D eigenvalue weighted by atomic mass is 16.5. The van der Waals surface area contributed by atoms with Gasteiger partial charge in [0.05, 0.1) is 11.6 Å². The fourth-order valence-electron chi connectivity index (χ4n) is 3.65. The molecule has 3 aromatic rings. The number of ketones is 1. The largest absolute Gasteiger partial charge is 0.507 e. The first-order valence-corrected chi connectivity index (χ1v) is 10.1. The quantitative estimate of drug-likeness (QED) is 0.268. The van der Waals surface area contributed by atoms with Crippen LogP contribution in [0.15, 0.2) is 77.3 Å². The number of carbonyl (C=O) groups excluding carboxylic acids is 2. The lowest BCUT2D eigenvalue weighted by atomic mass is 9.95. The zero-order valence-electron chi connectivity index (χ0n) is 17.7. The zero-order valence-corrected chi connectivity index (χ0v) is 17.7. The molecule has 32 heavy (non-hydrogen) atoms. The van der Waals surface area contributed by atoms with Crippen molar-refractivity contribution in [1.29, 1.82) is 0 Å². The average Bonchev–Trinajstić information content (AvgIpc) is 3.33. The van der Waals surface area contributed by atoms with Gasteiger partial charge in [0.15, 0.2) is 5.82 Å². The maximum atomic E-state index is 13.1. The summed E-state index contributed by atoms with van der Waals surface area (Å²) in [6.45, 7) is 7.56. The smallest absolute Gasteiger partial charge is 0.301 e. The van der Waals surface area contributed by atoms with Crippen molar-refractivity contribution in [2.75, 3.05) is 11.5 Å². The van der Waals surface area contributed by atoms with Crippen molar-refractivity contribution in [2.45, 2.75) is 19.9 Å². The first kappa shape index (κ1) is 21.1. The molecule has 1 aromatic heterocycles. The number of ether oxygens (including phenoxy) is 1. The third-order valence-electron chi connectivity index (χ3n) is 5.17. The van der Waals surface area contributed by atoms with Crippen LogP contribution in [0.2, 0.25) is 0 Å². The Morgan fingerprint density at radius 3 is 2.59 bits per heavy atom. The van der Waals surface area contributed by atoms with Gasteiger partial charge >= 0.3 is 5.91 Å². The molecule has 0 unspecified atom stereocenters. The van der Waals surface area contributed by atoms with Crippen LogP contribution in [0, 0.1) is 13.8 Å². The molecule has 1 saturated heterocycles. The van der Waals surface area contributed by atoms with E-state index >= 15 is 0 Å². The summed E-state index contributed by atoms with van der Waals surface area (Å²) in [6, 6.07) is 14.7. The van der Waals surface area contributed by atoms with Crippen LogP contribution in [0.25, 0.3) is 5.76 Å². The molecule has 0 saturated carbocycles. The molecular weight excluding hydrogens is 408 g/mol. The van der Waals surface area contributed by atoms with E-state index in [0.29, 0.717) is 29.2 Å². The molecule has 1 N–H and O–H groups in total. The molecule has 1 aliphatic heterocycles. The first-order valence-electron chi connectivity index (χ1n) is 10.1. The highest BCUT2D eigenvalue weighted by Gasteiger charge is 2.48. The Bertz CT molecular complexity index is 1220. The lowest BCUT2D eigenvalue weighted by molar-refractivity contribution is -0.132. The highest BCUT2D eigenvalue weighted by molar-refractivity contribution is 6.51. The van der Waals surface area contributed by atoms with Crippen molar-refractivity contribution in [3.8, 4) is 5.75 Å². The van der Waals surface area contributed by atoms with Gasteiger partial charge in [-0.2, -0.15) is 0 Å². The van der Waals surface area contributed by atoms with Gasteiger partial charge in [-0.3, -0.25) is 14.5 Å². The third kappa shape index (κ3) is 3.80. The summed E-state index contributed by atoms with van der Waals surface area (Å²) in [4.78, 5) is 27.4. The second-order valence-corrected chi connectivity index (χ2v) is 7.50. The Labute approximate surface area is 185 Å². The van der Waals surface area contributed by atoms with Crippen molar-refractivity contribution in [3.63, 3.8) is 0 Å². The van der Waals surface area contributed by atoms with Gasteiger partial charge in [-0.1, -0.05) is 59.8 Å². The molecular formula is C25H22N2O5. The van der Waals surface area contributed by atoms with Gasteiger partial charge < -0.3 is 14.4 Å². The molecule has 1 aliphatic rings. The van der Waals surface area contributed by atoms with E-state index in [2.05, 4.69) is 11.7 Å². The number of aryl methyl sites for hydroxylation is 2. The molecule has 0 aliphatic carbocycles. The van der Waals surface area contributed by atoms with E-state index in [9.17, 15) is 14.7 Å². The first-order chi connectivity index (χ1) is 15.4. The standard InChI is InChI=1S/C25H22N2O5/c1-4-12-31-19-7-5-6-18(14-19)22-21(23(28)17-10-8-15(2)9-11-17)24(29)25(30)27(22)20-13-16(3)32-26-20/h4-11,13-14,22,28H,1,12H2,2-3H3/t22-/m1/s1. The predicted molar refractivity (Wildman–Crippen MR) is 119 cm³/mol. The van der Waals surface area contributed by atoms with E-state index in [4.69, 9.17) is 9.26 Å². The van der Waals surface area contributed by atoms with Gasteiger partial charge in [-0.15, -0.1) is 0 Å². The van der Waals surface area contributed by atoms with E-state index < -0.39 is 17.7 Å². The van der Waals surface area contributed by atoms with Crippen molar-refractivity contribution in [2.24, 2.45) is 0 Å². The minimum Gasteiger partial charge on any atom is -0.507 e. The number of Topliss-reactive ketones (excluding diaryl/α,β-unsaturated/α-hetero) is 1. The Morgan fingerprint density at radius 1 is 1.19 bits per heavy atom. The van der Waals surface area contributed by atoms with Crippen LogP contribution in [0.5, 0.6) is 5.75 Å². The van der Waals surface area contributed by atoms with E-state index in [0.717, 1.165) is 5.56 Å². The van der Waals surface area contributed by atoms with Crippen LogP contribution < -0.4 is 9.64 Å². The van der Waals surface area contributed by atoms with E-state index in [1.165, 1.54) is 4.90 Å². The number of hydrogen-bond acceptors (Lipinski definition) is 6. The van der Waals surface area contributed by atoms with Gasteiger partial charge in [0, 0.05) is 11.6 Å². The molecule has 7 heteroatoms. The Hall–Kier alpha value is -4.13. The van der Waals surface area contributed by atoms with Crippen LogP contribution in [0.1, 0.15) is 28.5 Å². The Kier molecular flexibility index (Phi) is 5.64. The summed E-state index contributed by atoms with van der Waals surface area (Å²) in [6.07, 6.45) is 1.62. The minimum atomic E-state index is -0.909. The molecule has 7 nitrogen and oxygen atoms in total. The second-order valence-electron chi connectivity index (χ2n) is 7.50. The summed E-state index contributed by atoms with van der Waals surface area (Å²) >= 11 is 0. The number of benzene rings is 2. The van der Waals surface area contributed by atoms with E-state index in [1.54, 1.807) is 55.5 Å². The molecule has 4 rings (SSSR count). The number of nitrogens with zero attached hydrogens (tertiary/aromatic N) is 2. The molecule has 0 spiro atoms. The van der Waals surface area contributed by atoms with Gasteiger partial charge in [-0.05, 0) is 31.5 Å². The average molecular weight is 430 g/mol. The summed E-state index contributed by atoms with van der Waals surface area (Å²) in [5.41, 5.74) is 2.00. The maximum absolute atomic E-state index is 13.1. The summed E-state index contributed by atoms with van der Waals surface area (Å²) in [5, 5.41) is 15.0. The number of aliphatic hydroxyl groups is 1. The summed E-state index contributed by atoms with van der Waals surface area (Å²) in [5.74, 6) is -0.633. The number of carbonyl (C=O) groups is 2. The van der Waals surface area contributed by atoms with Gasteiger partial charge in [-0.25, -0.2) is 0 Å². The molecule has 0 bridgehead atoms. The van der Waals surface area contributed by atoms with Gasteiger partial charge in [0.2, 0.25) is 0 Å². The highest BCUT2D eigenvalue weighted by Crippen LogP contribution is 2.42. The Morgan fingerprint density at radius 2 is 1.94 bits per heavy atom. The van der Waals surface area contributed by atoms with E-state index in [1.807, 2.05) is 19.1 Å². The van der Waals surface area contributed by atoms with Crippen LogP contribution in [0.4, 0.5) is 5.82 Å². The number of rotatable bonds is 6. The van der Waals surface area contributed by atoms with E-state index in [-0.39, 0.29) is 17.2 Å². The summed E-state index contributed by atoms with van der Waals surface area (Å²) in [7, 11) is 0. The van der Waals surface area contributed by atoms with Crippen molar-refractivity contribution < 1.29 is 24.0 Å². The normalized spacial score (nSPS) is 17.6. The molecule has 2 heterocycles. The van der Waals surface area contributed by atoms with Gasteiger partial charge in [0.1, 0.15) is 23.9 Å². The summed E-state index contributed by atoms with van der Waals surface area (Å²) < 4.78 is 10.8. The monoisotopic (exact) mass is 430 g/mol. The zero-order chi connectivity index (χ0) is 22.8. The Balaban J connectivity index is 1.90. The lowest BCUT2D eigenvalue weighted by Gasteiger charge is -2.23. The number of aliphatic hydroxyl groups excluding tert-OH is 1. The number of anilines is 1. The fraction of sp³-hybridized carbons (Fsp3) is 0.160. The molecule has 0 radical (unpaired) electrons. The van der Waals surface area contributed by atoms with Crippen LogP contribution in [-0.4, -0.2) is 28.6 Å². The number of amides is 1.